The van der Waals surface area contributed by atoms with Gasteiger partial charge in [0.2, 0.25) is 0 Å². The third kappa shape index (κ3) is 3.47. The Kier molecular flexibility index (Phi) is 4.70. The van der Waals surface area contributed by atoms with Crippen molar-refractivity contribution in [3.05, 3.63) is 65.5 Å². The van der Waals surface area contributed by atoms with E-state index in [1.54, 1.807) is 43.4 Å². The fourth-order valence-electron chi connectivity index (χ4n) is 1.91. The third-order valence-electron chi connectivity index (χ3n) is 2.98. The Balaban J connectivity index is 2.36. The van der Waals surface area contributed by atoms with E-state index in [4.69, 9.17) is 5.73 Å². The number of nitrogens with two attached hydrogens (primary N) is 1. The van der Waals surface area contributed by atoms with Gasteiger partial charge in [0.25, 0.3) is 5.91 Å². The lowest BCUT2D eigenvalue weighted by atomic mass is 10.1. The summed E-state index contributed by atoms with van der Waals surface area (Å²) in [6, 6.07) is 12.9. The molecule has 2 N–H and O–H groups in total. The Labute approximate surface area is 123 Å². The first-order valence-electron chi connectivity index (χ1n) is 6.45. The summed E-state index contributed by atoms with van der Waals surface area (Å²) in [5.74, 6) is 4.98. The first-order chi connectivity index (χ1) is 10.1. The van der Waals surface area contributed by atoms with Gasteiger partial charge in [-0.2, -0.15) is 0 Å². The zero-order valence-corrected chi connectivity index (χ0v) is 11.6. The molecule has 0 aliphatic heterocycles. The van der Waals surface area contributed by atoms with Crippen molar-refractivity contribution in [2.24, 2.45) is 5.73 Å². The number of carbonyl (C=O) groups excluding carboxylic acids is 1. The van der Waals surface area contributed by atoms with Gasteiger partial charge < -0.3 is 10.6 Å². The second-order valence-electron chi connectivity index (χ2n) is 4.40. The van der Waals surface area contributed by atoms with Gasteiger partial charge in [-0.15, -0.1) is 0 Å². The fraction of sp³-hybridized carbons (Fsp3) is 0.118. The van der Waals surface area contributed by atoms with Gasteiger partial charge in [0.1, 0.15) is 5.82 Å². The SMILES string of the molecule is CN(C(=O)c1ccccc1C#CCN)c1cccc(F)c1. The maximum Gasteiger partial charge on any atom is 0.259 e. The normalized spacial score (nSPS) is 9.67. The molecule has 2 aromatic carbocycles. The summed E-state index contributed by atoms with van der Waals surface area (Å²) in [5, 5.41) is 0. The lowest BCUT2D eigenvalue weighted by molar-refractivity contribution is 0.0993. The summed E-state index contributed by atoms with van der Waals surface area (Å²) in [6.07, 6.45) is 0. The van der Waals surface area contributed by atoms with Crippen LogP contribution in [0, 0.1) is 17.7 Å². The fourth-order valence-corrected chi connectivity index (χ4v) is 1.91. The number of halogens is 1. The monoisotopic (exact) mass is 282 g/mol. The number of benzene rings is 2. The average Bonchev–Trinajstić information content (AvgIpc) is 2.51. The number of carbonyl (C=O) groups is 1. The van der Waals surface area contributed by atoms with Gasteiger partial charge in [0.05, 0.1) is 12.1 Å². The van der Waals surface area contributed by atoms with Gasteiger partial charge in [-0.05, 0) is 30.3 Å². The van der Waals surface area contributed by atoms with Crippen molar-refractivity contribution in [3.8, 4) is 11.8 Å². The Hall–Kier alpha value is -2.64. The smallest absolute Gasteiger partial charge is 0.259 e. The number of hydrogen-bond acceptors (Lipinski definition) is 2. The third-order valence-corrected chi connectivity index (χ3v) is 2.98. The number of rotatable bonds is 2. The highest BCUT2D eigenvalue weighted by atomic mass is 19.1. The van der Waals surface area contributed by atoms with Crippen LogP contribution in [0.15, 0.2) is 48.5 Å². The molecule has 0 aliphatic rings. The van der Waals surface area contributed by atoms with E-state index in [0.717, 1.165) is 0 Å². The largest absolute Gasteiger partial charge is 0.320 e. The Bertz CT molecular complexity index is 716. The van der Waals surface area contributed by atoms with Crippen LogP contribution in [0.5, 0.6) is 0 Å². The molecule has 0 atom stereocenters. The quantitative estimate of drug-likeness (QED) is 0.860. The minimum absolute atomic E-state index is 0.224. The summed E-state index contributed by atoms with van der Waals surface area (Å²) in [5.41, 5.74) is 6.92. The molecule has 2 aromatic rings. The molecule has 0 aromatic heterocycles. The predicted octanol–water partition coefficient (Wildman–Crippen LogP) is 2.41. The molecule has 0 fully saturated rings. The summed E-state index contributed by atoms with van der Waals surface area (Å²) in [4.78, 5) is 13.9. The molecule has 21 heavy (non-hydrogen) atoms. The van der Waals surface area contributed by atoms with Crippen molar-refractivity contribution in [1.29, 1.82) is 0 Å². The van der Waals surface area contributed by atoms with Crippen molar-refractivity contribution in [3.63, 3.8) is 0 Å². The second-order valence-corrected chi connectivity index (χ2v) is 4.40. The number of nitrogens with zero attached hydrogens (tertiary/aromatic N) is 1. The predicted molar refractivity (Wildman–Crippen MR) is 81.5 cm³/mol. The van der Waals surface area contributed by atoms with Crippen LogP contribution in [0.2, 0.25) is 0 Å². The molecular weight excluding hydrogens is 267 g/mol. The first-order valence-corrected chi connectivity index (χ1v) is 6.45. The van der Waals surface area contributed by atoms with Crippen molar-refractivity contribution in [2.45, 2.75) is 0 Å². The van der Waals surface area contributed by atoms with Crippen molar-refractivity contribution in [2.75, 3.05) is 18.5 Å². The highest BCUT2D eigenvalue weighted by Crippen LogP contribution is 2.18. The minimum atomic E-state index is -0.386. The maximum atomic E-state index is 13.3. The number of anilines is 1. The van der Waals surface area contributed by atoms with Crippen molar-refractivity contribution >= 4 is 11.6 Å². The van der Waals surface area contributed by atoms with Gasteiger partial charge in [-0.1, -0.05) is 30.0 Å². The van der Waals surface area contributed by atoms with E-state index in [1.165, 1.54) is 17.0 Å². The Morgan fingerprint density at radius 2 is 2.00 bits per heavy atom. The highest BCUT2D eigenvalue weighted by Gasteiger charge is 2.16. The van der Waals surface area contributed by atoms with Crippen LogP contribution in [-0.2, 0) is 0 Å². The summed E-state index contributed by atoms with van der Waals surface area (Å²) in [7, 11) is 1.60. The Morgan fingerprint density at radius 1 is 1.24 bits per heavy atom. The van der Waals surface area contributed by atoms with Crippen LogP contribution in [0.1, 0.15) is 15.9 Å². The molecule has 0 unspecified atom stereocenters. The van der Waals surface area contributed by atoms with Crippen molar-refractivity contribution < 1.29 is 9.18 Å². The molecule has 1 amide bonds. The molecule has 0 saturated carbocycles. The summed E-state index contributed by atoms with van der Waals surface area (Å²) in [6.45, 7) is 0.224. The molecule has 106 valence electrons. The van der Waals surface area contributed by atoms with E-state index in [9.17, 15) is 9.18 Å². The van der Waals surface area contributed by atoms with Crippen LogP contribution >= 0.6 is 0 Å². The lowest BCUT2D eigenvalue weighted by Crippen LogP contribution is -2.27. The summed E-state index contributed by atoms with van der Waals surface area (Å²) >= 11 is 0. The van der Waals surface area contributed by atoms with Gasteiger partial charge in [0.15, 0.2) is 0 Å². The van der Waals surface area contributed by atoms with Crippen molar-refractivity contribution in [1.82, 2.24) is 0 Å². The van der Waals surface area contributed by atoms with Gasteiger partial charge in [0, 0.05) is 18.3 Å². The molecule has 0 spiro atoms. The molecule has 0 heterocycles. The van der Waals surface area contributed by atoms with E-state index >= 15 is 0 Å². The zero-order chi connectivity index (χ0) is 15.2. The van der Waals surface area contributed by atoms with Gasteiger partial charge in [-0.3, -0.25) is 4.79 Å². The molecule has 0 bridgehead atoms. The van der Waals surface area contributed by atoms with Crippen LogP contribution < -0.4 is 10.6 Å². The Morgan fingerprint density at radius 3 is 2.71 bits per heavy atom. The second kappa shape index (κ2) is 6.69. The molecule has 0 saturated heterocycles. The topological polar surface area (TPSA) is 46.3 Å². The van der Waals surface area contributed by atoms with Gasteiger partial charge >= 0.3 is 0 Å². The van der Waals surface area contributed by atoms with E-state index < -0.39 is 0 Å². The zero-order valence-electron chi connectivity index (χ0n) is 11.6. The average molecular weight is 282 g/mol. The molecule has 0 aliphatic carbocycles. The molecule has 2 rings (SSSR count). The van der Waals surface area contributed by atoms with Crippen LogP contribution in [0.25, 0.3) is 0 Å². The molecular formula is C17H15FN2O. The highest BCUT2D eigenvalue weighted by molar-refractivity contribution is 6.07. The standard InChI is InChI=1S/C17H15FN2O/c1-20(15-9-4-8-14(18)12-15)17(21)16-10-3-2-6-13(16)7-5-11-19/h2-4,6,8-10,12H,11,19H2,1H3. The number of hydrogen-bond donors (Lipinski definition) is 1. The number of amides is 1. The van der Waals surface area contributed by atoms with E-state index in [2.05, 4.69) is 11.8 Å². The summed E-state index contributed by atoms with van der Waals surface area (Å²) < 4.78 is 13.3. The lowest BCUT2D eigenvalue weighted by Gasteiger charge is -2.18. The molecule has 4 heteroatoms. The minimum Gasteiger partial charge on any atom is -0.320 e. The maximum absolute atomic E-state index is 13.3. The van der Waals surface area contributed by atoms with E-state index in [0.29, 0.717) is 16.8 Å². The molecule has 0 radical (unpaired) electrons. The molecule has 3 nitrogen and oxygen atoms in total. The van der Waals surface area contributed by atoms with E-state index in [-0.39, 0.29) is 18.3 Å². The van der Waals surface area contributed by atoms with Crippen LogP contribution in [0.3, 0.4) is 0 Å². The van der Waals surface area contributed by atoms with Gasteiger partial charge in [-0.25, -0.2) is 4.39 Å². The first kappa shape index (κ1) is 14.8. The van der Waals surface area contributed by atoms with E-state index in [1.807, 2.05) is 0 Å². The van der Waals surface area contributed by atoms with Crippen LogP contribution in [-0.4, -0.2) is 19.5 Å². The van der Waals surface area contributed by atoms with Crippen LogP contribution in [0.4, 0.5) is 10.1 Å².